The Morgan fingerprint density at radius 3 is 2.71 bits per heavy atom. The Balaban J connectivity index is 2.32. The number of aromatic nitrogens is 2. The Kier molecular flexibility index (Phi) is 4.57. The molecular formula is C15H19F2N3O. The molecule has 21 heavy (non-hydrogen) atoms. The van der Waals surface area contributed by atoms with Crippen molar-refractivity contribution in [1.82, 2.24) is 15.1 Å². The van der Waals surface area contributed by atoms with E-state index in [1.807, 2.05) is 20.8 Å². The molecule has 1 aromatic heterocycles. The van der Waals surface area contributed by atoms with Gasteiger partial charge in [-0.3, -0.25) is 0 Å². The molecule has 4 nitrogen and oxygen atoms in total. The predicted molar refractivity (Wildman–Crippen MR) is 76.4 cm³/mol. The highest BCUT2D eigenvalue weighted by molar-refractivity contribution is 5.36. The third-order valence-electron chi connectivity index (χ3n) is 3.08. The van der Waals surface area contributed by atoms with Crippen molar-refractivity contribution in [3.63, 3.8) is 0 Å². The molecule has 114 valence electrons. The van der Waals surface area contributed by atoms with Crippen molar-refractivity contribution in [2.75, 3.05) is 0 Å². The fourth-order valence-corrected chi connectivity index (χ4v) is 1.98. The Morgan fingerprint density at radius 2 is 2.05 bits per heavy atom. The smallest absolute Gasteiger partial charge is 0.222 e. The summed E-state index contributed by atoms with van der Waals surface area (Å²) in [7, 11) is 1.71. The fourth-order valence-electron chi connectivity index (χ4n) is 1.98. The van der Waals surface area contributed by atoms with Crippen LogP contribution < -0.4 is 10.1 Å². The second kappa shape index (κ2) is 6.22. The van der Waals surface area contributed by atoms with Crippen LogP contribution in [-0.4, -0.2) is 15.8 Å². The molecule has 1 aromatic carbocycles. The third kappa shape index (κ3) is 3.58. The maximum atomic E-state index is 13.7. The molecule has 1 N–H and O–H groups in total. The van der Waals surface area contributed by atoms with Crippen LogP contribution in [0, 0.1) is 18.6 Å². The standard InChI is InChI=1S/C15H19F2N3O/c1-9(2)18-8-12-10(3)19-20(4)15(12)21-14-7-11(16)5-6-13(14)17/h5-7,9,18H,8H2,1-4H3. The molecule has 0 amide bonds. The Labute approximate surface area is 122 Å². The van der Waals surface area contributed by atoms with Gasteiger partial charge in [0, 0.05) is 25.7 Å². The molecule has 0 aliphatic heterocycles. The summed E-state index contributed by atoms with van der Waals surface area (Å²) in [6.07, 6.45) is 0. The monoisotopic (exact) mass is 295 g/mol. The van der Waals surface area contributed by atoms with Crippen LogP contribution in [0.3, 0.4) is 0 Å². The van der Waals surface area contributed by atoms with Gasteiger partial charge in [-0.05, 0) is 19.1 Å². The van der Waals surface area contributed by atoms with E-state index in [0.717, 1.165) is 29.5 Å². The van der Waals surface area contributed by atoms with E-state index in [-0.39, 0.29) is 5.75 Å². The summed E-state index contributed by atoms with van der Waals surface area (Å²) in [5, 5.41) is 7.54. The van der Waals surface area contributed by atoms with Gasteiger partial charge < -0.3 is 10.1 Å². The third-order valence-corrected chi connectivity index (χ3v) is 3.08. The molecule has 0 saturated carbocycles. The lowest BCUT2D eigenvalue weighted by molar-refractivity contribution is 0.394. The zero-order valence-corrected chi connectivity index (χ0v) is 12.6. The average molecular weight is 295 g/mol. The predicted octanol–water partition coefficient (Wildman–Crippen LogP) is 3.30. The lowest BCUT2D eigenvalue weighted by atomic mass is 10.2. The summed E-state index contributed by atoms with van der Waals surface area (Å²) in [5.74, 6) is -0.904. The number of hydrogen-bond donors (Lipinski definition) is 1. The van der Waals surface area contributed by atoms with Crippen molar-refractivity contribution in [2.45, 2.75) is 33.4 Å². The number of rotatable bonds is 5. The van der Waals surface area contributed by atoms with Crippen LogP contribution in [-0.2, 0) is 13.6 Å². The Bertz CT molecular complexity index is 638. The van der Waals surface area contributed by atoms with Crippen LogP contribution in [0.5, 0.6) is 11.6 Å². The molecule has 0 aliphatic carbocycles. The number of hydrogen-bond acceptors (Lipinski definition) is 3. The second-order valence-electron chi connectivity index (χ2n) is 5.21. The summed E-state index contributed by atoms with van der Waals surface area (Å²) in [6, 6.07) is 3.41. The normalized spacial score (nSPS) is 11.2. The number of ether oxygens (including phenoxy) is 1. The van der Waals surface area contributed by atoms with Crippen LogP contribution in [0.4, 0.5) is 8.78 Å². The van der Waals surface area contributed by atoms with E-state index in [9.17, 15) is 8.78 Å². The first-order chi connectivity index (χ1) is 9.88. The zero-order chi connectivity index (χ0) is 15.6. The highest BCUT2D eigenvalue weighted by Crippen LogP contribution is 2.29. The minimum atomic E-state index is -0.613. The molecule has 0 bridgehead atoms. The van der Waals surface area contributed by atoms with Gasteiger partial charge in [0.05, 0.1) is 11.3 Å². The molecule has 0 fully saturated rings. The van der Waals surface area contributed by atoms with E-state index >= 15 is 0 Å². The number of nitrogens with one attached hydrogen (secondary N) is 1. The first-order valence-corrected chi connectivity index (χ1v) is 6.77. The number of benzene rings is 1. The summed E-state index contributed by atoms with van der Waals surface area (Å²) >= 11 is 0. The molecule has 1 heterocycles. The molecule has 0 unspecified atom stereocenters. The molecule has 0 atom stereocenters. The second-order valence-corrected chi connectivity index (χ2v) is 5.21. The van der Waals surface area contributed by atoms with E-state index in [1.54, 1.807) is 7.05 Å². The topological polar surface area (TPSA) is 39.1 Å². The Hall–Kier alpha value is -1.95. The fraction of sp³-hybridized carbons (Fsp3) is 0.400. The van der Waals surface area contributed by atoms with E-state index in [1.165, 1.54) is 4.68 Å². The van der Waals surface area contributed by atoms with Crippen molar-refractivity contribution in [2.24, 2.45) is 7.05 Å². The molecule has 0 radical (unpaired) electrons. The molecule has 2 rings (SSSR count). The van der Waals surface area contributed by atoms with Gasteiger partial charge in [-0.2, -0.15) is 5.10 Å². The summed E-state index contributed by atoms with van der Waals surface area (Å²) in [4.78, 5) is 0. The van der Waals surface area contributed by atoms with Gasteiger partial charge in [-0.25, -0.2) is 13.5 Å². The molecule has 0 saturated heterocycles. The first kappa shape index (κ1) is 15.4. The van der Waals surface area contributed by atoms with Gasteiger partial charge in [-0.1, -0.05) is 13.8 Å². The lowest BCUT2D eigenvalue weighted by Crippen LogP contribution is -2.22. The van der Waals surface area contributed by atoms with E-state index < -0.39 is 11.6 Å². The van der Waals surface area contributed by atoms with E-state index in [0.29, 0.717) is 18.5 Å². The van der Waals surface area contributed by atoms with Crippen LogP contribution in [0.15, 0.2) is 18.2 Å². The minimum absolute atomic E-state index is 0.149. The Morgan fingerprint density at radius 1 is 1.33 bits per heavy atom. The number of aryl methyl sites for hydroxylation is 2. The van der Waals surface area contributed by atoms with Crippen molar-refractivity contribution in [1.29, 1.82) is 0 Å². The summed E-state index contributed by atoms with van der Waals surface area (Å²) in [5.41, 5.74) is 1.62. The largest absolute Gasteiger partial charge is 0.436 e. The van der Waals surface area contributed by atoms with Crippen molar-refractivity contribution in [3.05, 3.63) is 41.1 Å². The highest BCUT2D eigenvalue weighted by atomic mass is 19.1. The van der Waals surface area contributed by atoms with E-state index in [2.05, 4.69) is 10.4 Å². The quantitative estimate of drug-likeness (QED) is 0.920. The zero-order valence-electron chi connectivity index (χ0n) is 12.6. The first-order valence-electron chi connectivity index (χ1n) is 6.77. The molecule has 0 spiro atoms. The van der Waals surface area contributed by atoms with Gasteiger partial charge in [0.25, 0.3) is 0 Å². The minimum Gasteiger partial charge on any atom is -0.436 e. The van der Waals surface area contributed by atoms with Gasteiger partial charge >= 0.3 is 0 Å². The van der Waals surface area contributed by atoms with Gasteiger partial charge in [0.2, 0.25) is 5.88 Å². The average Bonchev–Trinajstić information content (AvgIpc) is 2.66. The molecular weight excluding hydrogens is 276 g/mol. The van der Waals surface area contributed by atoms with Gasteiger partial charge in [0.15, 0.2) is 11.6 Å². The van der Waals surface area contributed by atoms with Crippen molar-refractivity contribution >= 4 is 0 Å². The molecule has 6 heteroatoms. The maximum Gasteiger partial charge on any atom is 0.222 e. The van der Waals surface area contributed by atoms with Gasteiger partial charge in [0.1, 0.15) is 5.82 Å². The SMILES string of the molecule is Cc1nn(C)c(Oc2cc(F)ccc2F)c1CNC(C)C. The van der Waals surface area contributed by atoms with Crippen molar-refractivity contribution in [3.8, 4) is 11.6 Å². The van der Waals surface area contributed by atoms with Crippen LogP contribution >= 0.6 is 0 Å². The molecule has 0 aliphatic rings. The lowest BCUT2D eigenvalue weighted by Gasteiger charge is -2.12. The highest BCUT2D eigenvalue weighted by Gasteiger charge is 2.17. The van der Waals surface area contributed by atoms with Gasteiger partial charge in [-0.15, -0.1) is 0 Å². The van der Waals surface area contributed by atoms with Crippen LogP contribution in [0.25, 0.3) is 0 Å². The van der Waals surface area contributed by atoms with E-state index in [4.69, 9.17) is 4.74 Å². The number of halogens is 2. The van der Waals surface area contributed by atoms with Crippen LogP contribution in [0.1, 0.15) is 25.1 Å². The van der Waals surface area contributed by atoms with Crippen molar-refractivity contribution < 1.29 is 13.5 Å². The summed E-state index contributed by atoms with van der Waals surface area (Å²) < 4.78 is 34.0. The summed E-state index contributed by atoms with van der Waals surface area (Å²) in [6.45, 7) is 6.45. The maximum absolute atomic E-state index is 13.7. The molecule has 2 aromatic rings. The van der Waals surface area contributed by atoms with Crippen LogP contribution in [0.2, 0.25) is 0 Å². The number of nitrogens with zero attached hydrogens (tertiary/aromatic N) is 2.